The van der Waals surface area contributed by atoms with Crippen molar-refractivity contribution in [2.24, 2.45) is 0 Å². The van der Waals surface area contributed by atoms with Crippen LogP contribution in [0.5, 0.6) is 0 Å². The molecule has 0 saturated heterocycles. The first-order chi connectivity index (χ1) is 10.7. The van der Waals surface area contributed by atoms with Crippen LogP contribution in [-0.4, -0.2) is 4.98 Å². The lowest BCUT2D eigenvalue weighted by Crippen LogP contribution is -1.89. The highest BCUT2D eigenvalue weighted by atomic mass is 79.9. The molecule has 22 heavy (non-hydrogen) atoms. The van der Waals surface area contributed by atoms with Gasteiger partial charge in [0.05, 0.1) is 11.0 Å². The van der Waals surface area contributed by atoms with E-state index in [9.17, 15) is 0 Å². The van der Waals surface area contributed by atoms with Crippen LogP contribution >= 0.6 is 31.9 Å². The zero-order chi connectivity index (χ0) is 15.1. The molecule has 106 valence electrons. The Hall–Kier alpha value is -1.71. The quantitative estimate of drug-likeness (QED) is 0.322. The number of para-hydroxylation sites is 1. The van der Waals surface area contributed by atoms with Crippen LogP contribution in [0.25, 0.3) is 32.9 Å². The Morgan fingerprint density at radius 3 is 2.14 bits per heavy atom. The third kappa shape index (κ3) is 2.25. The van der Waals surface area contributed by atoms with Crippen molar-refractivity contribution < 1.29 is 0 Å². The maximum absolute atomic E-state index is 4.81. The monoisotopic (exact) mass is 411 g/mol. The molecule has 0 aliphatic rings. The average Bonchev–Trinajstić information content (AvgIpc) is 2.55. The van der Waals surface area contributed by atoms with Gasteiger partial charge in [0.25, 0.3) is 0 Å². The molecule has 4 rings (SSSR count). The zero-order valence-corrected chi connectivity index (χ0v) is 14.7. The Morgan fingerprint density at radius 1 is 0.636 bits per heavy atom. The highest BCUT2D eigenvalue weighted by Crippen LogP contribution is 2.38. The molecular formula is C19H11Br2N. The number of aromatic nitrogens is 1. The van der Waals surface area contributed by atoms with Gasteiger partial charge in [0.2, 0.25) is 0 Å². The second kappa shape index (κ2) is 5.49. The van der Waals surface area contributed by atoms with E-state index in [0.717, 1.165) is 25.4 Å². The van der Waals surface area contributed by atoms with Crippen molar-refractivity contribution in [3.05, 3.63) is 75.7 Å². The van der Waals surface area contributed by atoms with Gasteiger partial charge in [-0.25, -0.2) is 4.98 Å². The van der Waals surface area contributed by atoms with E-state index in [1.165, 1.54) is 16.5 Å². The molecule has 0 saturated carbocycles. The molecule has 0 amide bonds. The van der Waals surface area contributed by atoms with E-state index in [4.69, 9.17) is 4.98 Å². The molecule has 1 heterocycles. The lowest BCUT2D eigenvalue weighted by atomic mass is 9.96. The molecule has 3 heteroatoms. The summed E-state index contributed by atoms with van der Waals surface area (Å²) in [5.74, 6) is 0. The summed E-state index contributed by atoms with van der Waals surface area (Å²) in [6.45, 7) is 0. The van der Waals surface area contributed by atoms with Crippen LogP contribution in [0, 0.1) is 0 Å². The molecule has 0 fully saturated rings. The standard InChI is InChI=1S/C19H11Br2N/c20-15-10-14-18(11-16(15)21)22-17-9-5-4-8-13(17)19(14)12-6-2-1-3-7-12/h1-11H. The molecule has 0 atom stereocenters. The number of halogens is 2. The van der Waals surface area contributed by atoms with E-state index < -0.39 is 0 Å². The number of hydrogen-bond donors (Lipinski definition) is 0. The van der Waals surface area contributed by atoms with Crippen LogP contribution in [0.1, 0.15) is 0 Å². The van der Waals surface area contributed by atoms with E-state index in [2.05, 4.69) is 86.5 Å². The molecule has 1 nitrogen and oxygen atoms in total. The Balaban J connectivity index is 2.24. The predicted molar refractivity (Wildman–Crippen MR) is 100 cm³/mol. The second-order valence-corrected chi connectivity index (χ2v) is 6.86. The summed E-state index contributed by atoms with van der Waals surface area (Å²) in [7, 11) is 0. The van der Waals surface area contributed by atoms with Crippen LogP contribution < -0.4 is 0 Å². The van der Waals surface area contributed by atoms with Gasteiger partial charge in [-0.1, -0.05) is 48.5 Å². The topological polar surface area (TPSA) is 12.9 Å². The highest BCUT2D eigenvalue weighted by molar-refractivity contribution is 9.13. The minimum atomic E-state index is 0.993. The average molecular weight is 413 g/mol. The molecule has 0 aliphatic heterocycles. The molecule has 3 aromatic carbocycles. The van der Waals surface area contributed by atoms with Crippen LogP contribution in [0.15, 0.2) is 75.7 Å². The SMILES string of the molecule is Brc1cc2nc3ccccc3c(-c3ccccc3)c2cc1Br. The fourth-order valence-electron chi connectivity index (χ4n) is 2.80. The lowest BCUT2D eigenvalue weighted by molar-refractivity contribution is 1.48. The van der Waals surface area contributed by atoms with Crippen molar-refractivity contribution in [1.82, 2.24) is 4.98 Å². The van der Waals surface area contributed by atoms with Crippen molar-refractivity contribution in [2.45, 2.75) is 0 Å². The third-order valence-electron chi connectivity index (χ3n) is 3.78. The first-order valence-corrected chi connectivity index (χ1v) is 8.55. The van der Waals surface area contributed by atoms with E-state index >= 15 is 0 Å². The van der Waals surface area contributed by atoms with Crippen molar-refractivity contribution in [3.63, 3.8) is 0 Å². The normalized spacial score (nSPS) is 11.2. The van der Waals surface area contributed by atoms with Crippen molar-refractivity contribution in [1.29, 1.82) is 0 Å². The summed E-state index contributed by atoms with van der Waals surface area (Å²) in [6, 6.07) is 23.0. The second-order valence-electron chi connectivity index (χ2n) is 5.15. The molecule has 4 aromatic rings. The third-order valence-corrected chi connectivity index (χ3v) is 5.63. The number of benzene rings is 3. The van der Waals surface area contributed by atoms with Gasteiger partial charge >= 0.3 is 0 Å². The highest BCUT2D eigenvalue weighted by Gasteiger charge is 2.12. The van der Waals surface area contributed by atoms with Gasteiger partial charge in [0, 0.05) is 25.3 Å². The van der Waals surface area contributed by atoms with Crippen molar-refractivity contribution >= 4 is 53.7 Å². The summed E-state index contributed by atoms with van der Waals surface area (Å²) in [5.41, 5.74) is 4.45. The fourth-order valence-corrected chi connectivity index (χ4v) is 3.48. The Kier molecular flexibility index (Phi) is 3.47. The zero-order valence-electron chi connectivity index (χ0n) is 11.6. The summed E-state index contributed by atoms with van der Waals surface area (Å²) in [6.07, 6.45) is 0. The van der Waals surface area contributed by atoms with E-state index in [1.54, 1.807) is 0 Å². The molecule has 0 aliphatic carbocycles. The molecule has 0 radical (unpaired) electrons. The first-order valence-electron chi connectivity index (χ1n) is 6.97. The van der Waals surface area contributed by atoms with Gasteiger partial charge in [-0.05, 0) is 55.6 Å². The minimum absolute atomic E-state index is 0.993. The van der Waals surface area contributed by atoms with Crippen LogP contribution in [0.2, 0.25) is 0 Å². The molecule has 1 aromatic heterocycles. The number of rotatable bonds is 1. The van der Waals surface area contributed by atoms with E-state index in [-0.39, 0.29) is 0 Å². The van der Waals surface area contributed by atoms with Gasteiger partial charge in [0.1, 0.15) is 0 Å². The maximum atomic E-state index is 4.81. The number of hydrogen-bond acceptors (Lipinski definition) is 1. The molecule has 0 spiro atoms. The van der Waals surface area contributed by atoms with Gasteiger partial charge in [0.15, 0.2) is 0 Å². The number of fused-ring (bicyclic) bond motifs is 2. The Morgan fingerprint density at radius 2 is 1.32 bits per heavy atom. The maximum Gasteiger partial charge on any atom is 0.0728 e. The van der Waals surface area contributed by atoms with Crippen molar-refractivity contribution in [3.8, 4) is 11.1 Å². The van der Waals surface area contributed by atoms with Crippen LogP contribution in [0.3, 0.4) is 0 Å². The number of pyridine rings is 1. The number of nitrogens with zero attached hydrogens (tertiary/aromatic N) is 1. The first kappa shape index (κ1) is 13.9. The largest absolute Gasteiger partial charge is 0.248 e. The molecule has 0 bridgehead atoms. The summed E-state index contributed by atoms with van der Waals surface area (Å²) in [5, 5.41) is 2.33. The molecule has 0 unspecified atom stereocenters. The van der Waals surface area contributed by atoms with Gasteiger partial charge in [-0.3, -0.25) is 0 Å². The summed E-state index contributed by atoms with van der Waals surface area (Å²) >= 11 is 7.19. The summed E-state index contributed by atoms with van der Waals surface area (Å²) in [4.78, 5) is 4.81. The predicted octanol–water partition coefficient (Wildman–Crippen LogP) is 6.58. The summed E-state index contributed by atoms with van der Waals surface area (Å²) < 4.78 is 2.05. The van der Waals surface area contributed by atoms with Crippen LogP contribution in [-0.2, 0) is 0 Å². The minimum Gasteiger partial charge on any atom is -0.248 e. The van der Waals surface area contributed by atoms with E-state index in [0.29, 0.717) is 0 Å². The Bertz CT molecular complexity index is 994. The van der Waals surface area contributed by atoms with Crippen LogP contribution in [0.4, 0.5) is 0 Å². The van der Waals surface area contributed by atoms with Gasteiger partial charge in [-0.2, -0.15) is 0 Å². The Labute approximate surface area is 145 Å². The fraction of sp³-hybridized carbons (Fsp3) is 0. The smallest absolute Gasteiger partial charge is 0.0728 e. The van der Waals surface area contributed by atoms with Gasteiger partial charge in [-0.15, -0.1) is 0 Å². The molecular weight excluding hydrogens is 402 g/mol. The van der Waals surface area contributed by atoms with Gasteiger partial charge < -0.3 is 0 Å². The molecule has 0 N–H and O–H groups in total. The lowest BCUT2D eigenvalue weighted by Gasteiger charge is -2.12. The van der Waals surface area contributed by atoms with E-state index in [1.807, 2.05) is 12.1 Å². The van der Waals surface area contributed by atoms with Crippen molar-refractivity contribution in [2.75, 3.05) is 0 Å².